The van der Waals surface area contributed by atoms with E-state index in [-0.39, 0.29) is 5.56 Å². The molecule has 0 N–H and O–H groups in total. The van der Waals surface area contributed by atoms with Gasteiger partial charge in [-0.1, -0.05) is 19.9 Å². The monoisotopic (exact) mass is 235 g/mol. The van der Waals surface area contributed by atoms with Gasteiger partial charge in [0.25, 0.3) is 0 Å². The van der Waals surface area contributed by atoms with Crippen molar-refractivity contribution in [2.75, 3.05) is 6.61 Å². The Labute approximate surface area is 102 Å². The molecule has 0 spiro atoms. The van der Waals surface area contributed by atoms with Crippen molar-refractivity contribution < 1.29 is 9.13 Å². The Morgan fingerprint density at radius 1 is 1.41 bits per heavy atom. The van der Waals surface area contributed by atoms with Crippen LogP contribution in [0.1, 0.15) is 37.8 Å². The highest BCUT2D eigenvalue weighted by Gasteiger charge is 2.02. The van der Waals surface area contributed by atoms with Crippen molar-refractivity contribution >= 4 is 0 Å². The molecule has 0 atom stereocenters. The van der Waals surface area contributed by atoms with Crippen LogP contribution in [0.2, 0.25) is 0 Å². The number of ether oxygens (including phenoxy) is 1. The second-order valence-corrected chi connectivity index (χ2v) is 4.51. The lowest BCUT2D eigenvalue weighted by Gasteiger charge is -2.06. The second kappa shape index (κ2) is 7.03. The van der Waals surface area contributed by atoms with E-state index in [1.54, 1.807) is 6.07 Å². The summed E-state index contributed by atoms with van der Waals surface area (Å²) in [4.78, 5) is 0. The van der Waals surface area contributed by atoms with Gasteiger partial charge in [-0.25, -0.2) is 4.39 Å². The van der Waals surface area contributed by atoms with Crippen LogP contribution in [0.4, 0.5) is 4.39 Å². The molecule has 0 fully saturated rings. The lowest BCUT2D eigenvalue weighted by atomic mass is 10.1. The number of rotatable bonds is 6. The normalized spacial score (nSPS) is 10.5. The Morgan fingerprint density at radius 2 is 2.18 bits per heavy atom. The van der Waals surface area contributed by atoms with Gasteiger partial charge in [-0.05, 0) is 36.5 Å². The average molecular weight is 235 g/mol. The van der Waals surface area contributed by atoms with Gasteiger partial charge in [0.1, 0.15) is 11.9 Å². The van der Waals surface area contributed by atoms with Gasteiger partial charge in [-0.3, -0.25) is 0 Å². The number of hydrogen-bond donors (Lipinski definition) is 0. The van der Waals surface area contributed by atoms with E-state index >= 15 is 0 Å². The average Bonchev–Trinajstić information content (AvgIpc) is 2.30. The molecule has 0 saturated carbocycles. The molecule has 1 aromatic rings. The Kier molecular flexibility index (Phi) is 5.65. The van der Waals surface area contributed by atoms with E-state index in [0.717, 1.165) is 18.4 Å². The van der Waals surface area contributed by atoms with Crippen molar-refractivity contribution in [3.05, 3.63) is 35.1 Å². The first-order valence-corrected chi connectivity index (χ1v) is 5.89. The highest BCUT2D eigenvalue weighted by Crippen LogP contribution is 2.11. The van der Waals surface area contributed by atoms with Crippen molar-refractivity contribution in [3.63, 3.8) is 0 Å². The summed E-state index contributed by atoms with van der Waals surface area (Å²) >= 11 is 0. The molecule has 3 heteroatoms. The quantitative estimate of drug-likeness (QED) is 0.705. The number of hydrogen-bond acceptors (Lipinski definition) is 2. The standard InChI is InChI=1S/C14H18FNO/c1-11(2)4-3-7-17-10-12-5-6-14(15)13(8-12)9-16/h5-6,8,11H,3-4,7,10H2,1-2H3. The van der Waals surface area contributed by atoms with Gasteiger partial charge < -0.3 is 4.74 Å². The van der Waals surface area contributed by atoms with E-state index in [2.05, 4.69) is 13.8 Å². The second-order valence-electron chi connectivity index (χ2n) is 4.51. The minimum atomic E-state index is -0.476. The van der Waals surface area contributed by atoms with Crippen LogP contribution in [-0.2, 0) is 11.3 Å². The molecule has 0 aliphatic rings. The molecule has 0 saturated heterocycles. The summed E-state index contributed by atoms with van der Waals surface area (Å²) in [6, 6.07) is 6.32. The zero-order valence-electron chi connectivity index (χ0n) is 10.4. The smallest absolute Gasteiger partial charge is 0.140 e. The van der Waals surface area contributed by atoms with Crippen LogP contribution in [0.3, 0.4) is 0 Å². The number of halogens is 1. The summed E-state index contributed by atoms with van der Waals surface area (Å²) in [6.07, 6.45) is 2.18. The van der Waals surface area contributed by atoms with Crippen molar-refractivity contribution in [1.82, 2.24) is 0 Å². The Morgan fingerprint density at radius 3 is 2.82 bits per heavy atom. The maximum absolute atomic E-state index is 13.0. The summed E-state index contributed by atoms with van der Waals surface area (Å²) in [6.45, 7) is 5.50. The van der Waals surface area contributed by atoms with Gasteiger partial charge in [-0.2, -0.15) is 5.26 Å². The fraction of sp³-hybridized carbons (Fsp3) is 0.500. The Bertz CT molecular complexity index is 396. The molecular formula is C14H18FNO. The molecule has 0 amide bonds. The first-order chi connectivity index (χ1) is 8.13. The predicted molar refractivity (Wildman–Crippen MR) is 64.8 cm³/mol. The van der Waals surface area contributed by atoms with Crippen LogP contribution in [-0.4, -0.2) is 6.61 Å². The number of nitrogens with zero attached hydrogens (tertiary/aromatic N) is 1. The zero-order valence-corrected chi connectivity index (χ0v) is 10.4. The van der Waals surface area contributed by atoms with E-state index in [9.17, 15) is 4.39 Å². The minimum absolute atomic E-state index is 0.0771. The van der Waals surface area contributed by atoms with Crippen LogP contribution in [0, 0.1) is 23.1 Å². The number of benzene rings is 1. The third-order valence-corrected chi connectivity index (χ3v) is 2.49. The Balaban J connectivity index is 2.35. The molecule has 0 unspecified atom stereocenters. The fourth-order valence-electron chi connectivity index (χ4n) is 1.53. The van der Waals surface area contributed by atoms with Crippen molar-refractivity contribution in [2.24, 2.45) is 5.92 Å². The zero-order chi connectivity index (χ0) is 12.7. The van der Waals surface area contributed by atoms with E-state index < -0.39 is 5.82 Å². The minimum Gasteiger partial charge on any atom is -0.377 e. The van der Waals surface area contributed by atoms with Gasteiger partial charge in [0.15, 0.2) is 0 Å². The van der Waals surface area contributed by atoms with Gasteiger partial charge in [-0.15, -0.1) is 0 Å². The largest absolute Gasteiger partial charge is 0.377 e. The molecule has 17 heavy (non-hydrogen) atoms. The molecule has 0 heterocycles. The SMILES string of the molecule is CC(C)CCCOCc1ccc(F)c(C#N)c1. The molecule has 0 bridgehead atoms. The van der Waals surface area contributed by atoms with Gasteiger partial charge in [0.05, 0.1) is 12.2 Å². The van der Waals surface area contributed by atoms with E-state index in [0.29, 0.717) is 19.1 Å². The molecule has 0 radical (unpaired) electrons. The first kappa shape index (κ1) is 13.7. The van der Waals surface area contributed by atoms with Crippen molar-refractivity contribution in [3.8, 4) is 6.07 Å². The maximum Gasteiger partial charge on any atom is 0.140 e. The van der Waals surface area contributed by atoms with Crippen LogP contribution in [0.5, 0.6) is 0 Å². The molecule has 92 valence electrons. The summed E-state index contributed by atoms with van der Waals surface area (Å²) in [7, 11) is 0. The van der Waals surface area contributed by atoms with Crippen LogP contribution >= 0.6 is 0 Å². The predicted octanol–water partition coefficient (Wildman–Crippen LogP) is 3.65. The van der Waals surface area contributed by atoms with Gasteiger partial charge in [0.2, 0.25) is 0 Å². The third-order valence-electron chi connectivity index (χ3n) is 2.49. The maximum atomic E-state index is 13.0. The molecule has 2 nitrogen and oxygen atoms in total. The molecule has 0 aromatic heterocycles. The molecule has 1 aromatic carbocycles. The highest BCUT2D eigenvalue weighted by atomic mass is 19.1. The van der Waals surface area contributed by atoms with Crippen LogP contribution < -0.4 is 0 Å². The fourth-order valence-corrected chi connectivity index (χ4v) is 1.53. The van der Waals surface area contributed by atoms with Gasteiger partial charge >= 0.3 is 0 Å². The van der Waals surface area contributed by atoms with Crippen LogP contribution in [0.25, 0.3) is 0 Å². The summed E-state index contributed by atoms with van der Waals surface area (Å²) in [5, 5.41) is 8.68. The lowest BCUT2D eigenvalue weighted by molar-refractivity contribution is 0.115. The third kappa shape index (κ3) is 4.97. The molecule has 0 aliphatic heterocycles. The van der Waals surface area contributed by atoms with E-state index in [1.165, 1.54) is 12.1 Å². The Hall–Kier alpha value is -1.40. The highest BCUT2D eigenvalue weighted by molar-refractivity contribution is 5.34. The van der Waals surface area contributed by atoms with E-state index in [4.69, 9.17) is 10.00 Å². The molecular weight excluding hydrogens is 217 g/mol. The van der Waals surface area contributed by atoms with Gasteiger partial charge in [0, 0.05) is 6.61 Å². The summed E-state index contributed by atoms with van der Waals surface area (Å²) < 4.78 is 18.5. The topological polar surface area (TPSA) is 33.0 Å². The first-order valence-electron chi connectivity index (χ1n) is 5.89. The van der Waals surface area contributed by atoms with Crippen LogP contribution in [0.15, 0.2) is 18.2 Å². The molecule has 0 aliphatic carbocycles. The summed E-state index contributed by atoms with van der Waals surface area (Å²) in [5.74, 6) is 0.214. The molecule has 1 rings (SSSR count). The number of nitriles is 1. The lowest BCUT2D eigenvalue weighted by Crippen LogP contribution is -1.98. The van der Waals surface area contributed by atoms with E-state index in [1.807, 2.05) is 6.07 Å². The van der Waals surface area contributed by atoms with Crippen molar-refractivity contribution in [1.29, 1.82) is 5.26 Å². The van der Waals surface area contributed by atoms with Crippen molar-refractivity contribution in [2.45, 2.75) is 33.3 Å². The summed E-state index contributed by atoms with van der Waals surface area (Å²) in [5.41, 5.74) is 0.917.